The van der Waals surface area contributed by atoms with Crippen LogP contribution in [0.2, 0.25) is 0 Å². The van der Waals surface area contributed by atoms with Crippen molar-refractivity contribution in [2.24, 2.45) is 0 Å². The first kappa shape index (κ1) is 88.5. The highest BCUT2D eigenvalue weighted by atomic mass is 31.2. The lowest BCUT2D eigenvalue weighted by atomic mass is 10.0. The van der Waals surface area contributed by atoms with Gasteiger partial charge in [0.05, 0.1) is 26.4 Å². The van der Waals surface area contributed by atoms with Gasteiger partial charge in [-0.2, -0.15) is 0 Å². The Morgan fingerprint density at radius 1 is 0.308 bits per heavy atom. The van der Waals surface area contributed by atoms with E-state index in [9.17, 15) is 43.2 Å². The zero-order chi connectivity index (χ0) is 66.8. The molecule has 0 amide bonds. The quantitative estimate of drug-likeness (QED) is 0.0169. The highest BCUT2D eigenvalue weighted by Crippen LogP contribution is 2.45. The van der Waals surface area contributed by atoms with Gasteiger partial charge in [0, 0.05) is 25.7 Å². The topological polar surface area (TPSA) is 237 Å². The zero-order valence-electron chi connectivity index (χ0n) is 58.3. The Balaban J connectivity index is 5.19. The molecule has 0 aliphatic carbocycles. The molecule has 3 N–H and O–H groups in total. The Hall–Kier alpha value is -2.46. The van der Waals surface area contributed by atoms with Crippen molar-refractivity contribution in [3.63, 3.8) is 0 Å². The van der Waals surface area contributed by atoms with Gasteiger partial charge in [-0.1, -0.05) is 302 Å². The van der Waals surface area contributed by atoms with Gasteiger partial charge in [-0.3, -0.25) is 37.3 Å². The second kappa shape index (κ2) is 66.2. The lowest BCUT2D eigenvalue weighted by molar-refractivity contribution is -0.161. The summed E-state index contributed by atoms with van der Waals surface area (Å²) in [6.45, 7) is 4.83. The predicted molar refractivity (Wildman–Crippen MR) is 368 cm³/mol. The van der Waals surface area contributed by atoms with E-state index in [0.29, 0.717) is 25.7 Å². The van der Waals surface area contributed by atoms with Gasteiger partial charge in [0.2, 0.25) is 0 Å². The van der Waals surface area contributed by atoms with Gasteiger partial charge in [-0.25, -0.2) is 9.13 Å². The maximum Gasteiger partial charge on any atom is 0.472 e. The predicted octanol–water partition coefficient (Wildman–Crippen LogP) is 20.6. The van der Waals surface area contributed by atoms with Gasteiger partial charge in [0.25, 0.3) is 0 Å². The molecule has 19 heteroatoms. The van der Waals surface area contributed by atoms with E-state index in [1.165, 1.54) is 154 Å². The van der Waals surface area contributed by atoms with E-state index in [1.807, 2.05) is 0 Å². The number of rotatable bonds is 71. The van der Waals surface area contributed by atoms with E-state index in [1.54, 1.807) is 0 Å². The number of allylic oxidation sites excluding steroid dienone is 4. The number of unbranched alkanes of at least 4 members (excludes halogenated alkanes) is 42. The van der Waals surface area contributed by atoms with Crippen molar-refractivity contribution in [1.29, 1.82) is 0 Å². The molecule has 0 fully saturated rings. The molecule has 536 valence electrons. The van der Waals surface area contributed by atoms with Crippen LogP contribution in [0, 0.1) is 0 Å². The molecule has 0 saturated carbocycles. The van der Waals surface area contributed by atoms with Crippen molar-refractivity contribution in [1.82, 2.24) is 0 Å². The number of hydrogen-bond donors (Lipinski definition) is 3. The molecular weight excluding hydrogens is 1200 g/mol. The summed E-state index contributed by atoms with van der Waals surface area (Å²) < 4.78 is 68.1. The van der Waals surface area contributed by atoms with Crippen molar-refractivity contribution in [3.05, 3.63) is 24.3 Å². The fraction of sp³-hybridized carbons (Fsp3) is 0.889. The van der Waals surface area contributed by atoms with Crippen LogP contribution in [-0.2, 0) is 65.4 Å². The van der Waals surface area contributed by atoms with Crippen molar-refractivity contribution in [2.75, 3.05) is 39.6 Å². The Bertz CT molecular complexity index is 1830. The molecule has 0 heterocycles. The third kappa shape index (κ3) is 66.0. The van der Waals surface area contributed by atoms with Crippen LogP contribution in [0.5, 0.6) is 0 Å². The number of phosphoric acid groups is 2. The van der Waals surface area contributed by atoms with E-state index >= 15 is 0 Å². The third-order valence-electron chi connectivity index (χ3n) is 16.2. The van der Waals surface area contributed by atoms with Crippen LogP contribution in [-0.4, -0.2) is 96.7 Å². The Morgan fingerprint density at radius 3 is 0.802 bits per heavy atom. The minimum atomic E-state index is -4.96. The molecule has 0 radical (unpaired) electrons. The Morgan fingerprint density at radius 2 is 0.527 bits per heavy atom. The summed E-state index contributed by atoms with van der Waals surface area (Å²) in [4.78, 5) is 72.4. The van der Waals surface area contributed by atoms with Gasteiger partial charge in [0.15, 0.2) is 12.2 Å². The maximum absolute atomic E-state index is 13.0. The summed E-state index contributed by atoms with van der Waals surface area (Å²) in [6.07, 6.45) is 57.9. The molecule has 2 unspecified atom stereocenters. The number of aliphatic hydroxyl groups excluding tert-OH is 1. The summed E-state index contributed by atoms with van der Waals surface area (Å²) in [7, 11) is -9.90. The smallest absolute Gasteiger partial charge is 0.462 e. The highest BCUT2D eigenvalue weighted by molar-refractivity contribution is 7.47. The van der Waals surface area contributed by atoms with Gasteiger partial charge in [-0.15, -0.1) is 0 Å². The Labute approximate surface area is 554 Å². The second-order valence-electron chi connectivity index (χ2n) is 25.3. The number of aliphatic hydroxyl groups is 1. The largest absolute Gasteiger partial charge is 0.472 e. The first-order valence-corrected chi connectivity index (χ1v) is 40.1. The summed E-state index contributed by atoms with van der Waals surface area (Å²) >= 11 is 0. The maximum atomic E-state index is 13.0. The first-order valence-electron chi connectivity index (χ1n) is 37.1. The normalized spacial score (nSPS) is 14.1. The van der Waals surface area contributed by atoms with Gasteiger partial charge in [0.1, 0.15) is 19.3 Å². The molecule has 0 aliphatic rings. The first-order chi connectivity index (χ1) is 44.2. The van der Waals surface area contributed by atoms with E-state index in [2.05, 4.69) is 52.0 Å². The summed E-state index contributed by atoms with van der Waals surface area (Å²) in [5.74, 6) is -2.16. The number of carbonyl (C=O) groups is 4. The molecule has 0 aliphatic heterocycles. The molecule has 5 atom stereocenters. The van der Waals surface area contributed by atoms with Crippen molar-refractivity contribution in [3.8, 4) is 0 Å². The Kier molecular flexibility index (Phi) is 64.4. The van der Waals surface area contributed by atoms with Crippen LogP contribution in [0.4, 0.5) is 0 Å². The molecule has 0 saturated heterocycles. The van der Waals surface area contributed by atoms with Crippen LogP contribution in [0.1, 0.15) is 355 Å². The van der Waals surface area contributed by atoms with Gasteiger partial charge >= 0.3 is 39.5 Å². The van der Waals surface area contributed by atoms with Crippen molar-refractivity contribution in [2.45, 2.75) is 373 Å². The lowest BCUT2D eigenvalue weighted by Crippen LogP contribution is -2.30. The van der Waals surface area contributed by atoms with Gasteiger partial charge < -0.3 is 33.8 Å². The monoisotopic (exact) mass is 1330 g/mol. The van der Waals surface area contributed by atoms with E-state index in [-0.39, 0.29) is 25.7 Å². The average molecular weight is 1340 g/mol. The SMILES string of the molecule is CCCCCC/C=C\C=C/CCCCCCCC(=O)OC[C@H](COP(=O)(O)OC[C@@H](O)COP(=O)(O)OC[C@@H](COC(=O)CCCCCCCCCC)OC(=O)CCCCCCCCCC)OC(=O)CCCCCCCCCCCCCCCCCCCCCC. The van der Waals surface area contributed by atoms with E-state index < -0.39 is 97.5 Å². The summed E-state index contributed by atoms with van der Waals surface area (Å²) in [6, 6.07) is 0. The number of ether oxygens (including phenoxy) is 4. The van der Waals surface area contributed by atoms with E-state index in [4.69, 9.17) is 37.0 Å². The standard InChI is InChI=1S/C72H136O17P2/c1-5-9-13-17-21-25-27-29-31-32-33-34-35-37-39-41-43-47-51-55-59-72(77)89-68(63-83-70(75)57-53-49-46-42-40-38-36-30-28-26-22-18-14-10-6-2)65-87-91(80,81)85-61-66(73)60-84-90(78,79)86-64-67(88-71(76)58-54-50-45-24-20-16-12-8-4)62-82-69(74)56-52-48-44-23-19-15-11-7-3/h26,28,30,36,66-68,73H,5-25,27,29,31-35,37-65H2,1-4H3,(H,78,79)(H,80,81)/b28-26-,36-30-/t66-,67+,68+/m0/s1. The van der Waals surface area contributed by atoms with Crippen LogP contribution in [0.25, 0.3) is 0 Å². The van der Waals surface area contributed by atoms with Crippen molar-refractivity contribution < 1.29 is 80.2 Å². The third-order valence-corrected chi connectivity index (χ3v) is 18.1. The molecule has 91 heavy (non-hydrogen) atoms. The number of hydrogen-bond acceptors (Lipinski definition) is 15. The number of esters is 4. The molecule has 0 aromatic heterocycles. The number of phosphoric ester groups is 2. The fourth-order valence-electron chi connectivity index (χ4n) is 10.5. The molecule has 0 spiro atoms. The van der Waals surface area contributed by atoms with E-state index in [0.717, 1.165) is 122 Å². The van der Waals surface area contributed by atoms with Crippen LogP contribution >= 0.6 is 15.6 Å². The average Bonchev–Trinajstić information content (AvgIpc) is 2.81. The molecule has 0 aromatic carbocycles. The fourth-order valence-corrected chi connectivity index (χ4v) is 12.1. The minimum absolute atomic E-state index is 0.102. The number of carbonyl (C=O) groups excluding carboxylic acids is 4. The zero-order valence-corrected chi connectivity index (χ0v) is 60.1. The molecule has 0 aromatic rings. The molecule has 0 rings (SSSR count). The molecule has 0 bridgehead atoms. The highest BCUT2D eigenvalue weighted by Gasteiger charge is 2.30. The summed E-state index contributed by atoms with van der Waals surface area (Å²) in [5.41, 5.74) is 0. The molecular formula is C72H136O17P2. The summed E-state index contributed by atoms with van der Waals surface area (Å²) in [5, 5.41) is 10.6. The van der Waals surface area contributed by atoms with Crippen molar-refractivity contribution >= 4 is 39.5 Å². The van der Waals surface area contributed by atoms with Crippen LogP contribution in [0.15, 0.2) is 24.3 Å². The van der Waals surface area contributed by atoms with Gasteiger partial charge in [-0.05, 0) is 51.4 Å². The lowest BCUT2D eigenvalue weighted by Gasteiger charge is -2.21. The second-order valence-corrected chi connectivity index (χ2v) is 28.2. The van der Waals surface area contributed by atoms with Crippen LogP contribution < -0.4 is 0 Å². The molecule has 17 nitrogen and oxygen atoms in total. The minimum Gasteiger partial charge on any atom is -0.462 e. The van der Waals surface area contributed by atoms with Crippen LogP contribution in [0.3, 0.4) is 0 Å².